The fraction of sp³-hybridized carbons (Fsp3) is 0.417. The summed E-state index contributed by atoms with van der Waals surface area (Å²) in [5, 5.41) is 4.61. The molecule has 1 fully saturated rings. The number of methoxy groups -OCH3 is 1. The number of rotatable bonds is 8. The molecule has 0 radical (unpaired) electrons. The van der Waals surface area contributed by atoms with Gasteiger partial charge >= 0.3 is 6.03 Å². The van der Waals surface area contributed by atoms with Crippen LogP contribution in [0.15, 0.2) is 47.4 Å². The average molecular weight is 489 g/mol. The lowest BCUT2D eigenvalue weighted by atomic mass is 10.1. The van der Waals surface area contributed by atoms with Crippen LogP contribution in [0, 0.1) is 6.92 Å². The first-order chi connectivity index (χ1) is 16.3. The molecule has 9 nitrogen and oxygen atoms in total. The summed E-state index contributed by atoms with van der Waals surface area (Å²) in [5.74, 6) is 0.268. The van der Waals surface area contributed by atoms with Crippen LogP contribution in [0.4, 0.5) is 4.79 Å². The molecule has 3 N–H and O–H groups in total. The van der Waals surface area contributed by atoms with Gasteiger partial charge in [0, 0.05) is 19.6 Å². The normalized spacial score (nSPS) is 14.6. The Morgan fingerprint density at radius 1 is 1.00 bits per heavy atom. The van der Waals surface area contributed by atoms with E-state index in [-0.39, 0.29) is 10.8 Å². The molecular weight excluding hydrogens is 456 g/mol. The number of amides is 3. The van der Waals surface area contributed by atoms with Gasteiger partial charge < -0.3 is 10.1 Å². The summed E-state index contributed by atoms with van der Waals surface area (Å²) < 4.78 is 32.4. The number of nitrogens with zero attached hydrogens (tertiary/aromatic N) is 1. The van der Waals surface area contributed by atoms with Gasteiger partial charge in [-0.15, -0.1) is 0 Å². The Bertz CT molecular complexity index is 1090. The molecule has 0 spiro atoms. The largest absolute Gasteiger partial charge is 0.496 e. The topological polar surface area (TPSA) is 117 Å². The molecule has 2 aromatic carbocycles. The van der Waals surface area contributed by atoms with Crippen LogP contribution >= 0.6 is 0 Å². The first kappa shape index (κ1) is 25.5. The van der Waals surface area contributed by atoms with Crippen molar-refractivity contribution in [3.63, 3.8) is 0 Å². The number of hydrogen-bond acceptors (Lipinski definition) is 6. The molecule has 3 rings (SSSR count). The minimum absolute atomic E-state index is 0.00389. The van der Waals surface area contributed by atoms with Crippen molar-refractivity contribution in [3.8, 4) is 5.75 Å². The van der Waals surface area contributed by atoms with E-state index in [4.69, 9.17) is 4.74 Å². The third-order valence-corrected chi connectivity index (χ3v) is 6.97. The number of urea groups is 1. The fourth-order valence-electron chi connectivity index (χ4n) is 3.78. The maximum Gasteiger partial charge on any atom is 0.343 e. The molecule has 2 aromatic rings. The summed E-state index contributed by atoms with van der Waals surface area (Å²) in [6.07, 6.45) is 4.66. The summed E-state index contributed by atoms with van der Waals surface area (Å²) in [5.41, 5.74) is 4.89. The zero-order valence-corrected chi connectivity index (χ0v) is 20.4. The SMILES string of the molecule is COc1ccc(C)cc1C(=O)NCCc1ccc(S(=O)(=O)NC(=O)NN2CCCCCC2)cc1. The van der Waals surface area contributed by atoms with Crippen molar-refractivity contribution < 1.29 is 22.7 Å². The van der Waals surface area contributed by atoms with Gasteiger partial charge in [0.05, 0.1) is 17.6 Å². The molecule has 0 bridgehead atoms. The summed E-state index contributed by atoms with van der Waals surface area (Å²) in [7, 11) is -2.47. The third kappa shape index (κ3) is 7.19. The van der Waals surface area contributed by atoms with Gasteiger partial charge in [0.15, 0.2) is 0 Å². The van der Waals surface area contributed by atoms with Crippen molar-refractivity contribution in [3.05, 3.63) is 59.2 Å². The highest BCUT2D eigenvalue weighted by Crippen LogP contribution is 2.19. The maximum absolute atomic E-state index is 12.6. The summed E-state index contributed by atoms with van der Waals surface area (Å²) in [6.45, 7) is 3.68. The number of carbonyl (C=O) groups excluding carboxylic acids is 2. The van der Waals surface area contributed by atoms with E-state index < -0.39 is 16.1 Å². The number of benzene rings is 2. The molecular formula is C24H32N4O5S. The molecule has 1 saturated heterocycles. The van der Waals surface area contributed by atoms with Gasteiger partial charge in [-0.25, -0.2) is 22.9 Å². The molecule has 0 saturated carbocycles. The predicted molar refractivity (Wildman–Crippen MR) is 129 cm³/mol. The lowest BCUT2D eigenvalue weighted by molar-refractivity contribution is 0.0951. The van der Waals surface area contributed by atoms with Gasteiger partial charge in [-0.3, -0.25) is 10.2 Å². The molecule has 0 aromatic heterocycles. The summed E-state index contributed by atoms with van der Waals surface area (Å²) >= 11 is 0. The van der Waals surface area contributed by atoms with E-state index in [2.05, 4.69) is 15.5 Å². The second kappa shape index (κ2) is 11.8. The van der Waals surface area contributed by atoms with Gasteiger partial charge in [-0.1, -0.05) is 36.6 Å². The molecule has 3 amide bonds. The van der Waals surface area contributed by atoms with Crippen molar-refractivity contribution in [2.24, 2.45) is 0 Å². The lowest BCUT2D eigenvalue weighted by Crippen LogP contribution is -2.49. The molecule has 0 atom stereocenters. The number of hydrazine groups is 1. The standard InChI is InChI=1S/C24H32N4O5S/c1-18-7-12-22(33-2)21(17-18)23(29)25-14-13-19-8-10-20(11-9-19)34(31,32)27-24(30)26-28-15-5-3-4-6-16-28/h7-12,17H,3-6,13-16H2,1-2H3,(H,25,29)(H2,26,27,30). The quantitative estimate of drug-likeness (QED) is 0.526. The Morgan fingerprint density at radius 3 is 2.32 bits per heavy atom. The van der Waals surface area contributed by atoms with E-state index in [1.807, 2.05) is 13.0 Å². The van der Waals surface area contributed by atoms with E-state index in [0.29, 0.717) is 37.4 Å². The van der Waals surface area contributed by atoms with Crippen LogP contribution in [-0.4, -0.2) is 52.1 Å². The van der Waals surface area contributed by atoms with Crippen molar-refractivity contribution in [2.75, 3.05) is 26.7 Å². The van der Waals surface area contributed by atoms with Crippen molar-refractivity contribution in [1.82, 2.24) is 20.5 Å². The lowest BCUT2D eigenvalue weighted by Gasteiger charge is -2.20. The van der Waals surface area contributed by atoms with E-state index in [0.717, 1.165) is 36.8 Å². The second-order valence-electron chi connectivity index (χ2n) is 8.30. The Labute approximate surface area is 200 Å². The van der Waals surface area contributed by atoms with E-state index >= 15 is 0 Å². The Kier molecular flexibility index (Phi) is 8.89. The highest BCUT2D eigenvalue weighted by molar-refractivity contribution is 7.90. The minimum atomic E-state index is -3.99. The van der Waals surface area contributed by atoms with Gasteiger partial charge in [0.1, 0.15) is 5.75 Å². The predicted octanol–water partition coefficient (Wildman–Crippen LogP) is 2.76. The van der Waals surface area contributed by atoms with E-state index in [9.17, 15) is 18.0 Å². The Balaban J connectivity index is 1.51. The van der Waals surface area contributed by atoms with Gasteiger partial charge in [-0.2, -0.15) is 0 Å². The summed E-state index contributed by atoms with van der Waals surface area (Å²) in [4.78, 5) is 24.7. The highest BCUT2D eigenvalue weighted by Gasteiger charge is 2.20. The van der Waals surface area contributed by atoms with Crippen LogP contribution < -0.4 is 20.2 Å². The van der Waals surface area contributed by atoms with Crippen LogP contribution in [-0.2, 0) is 16.4 Å². The summed E-state index contributed by atoms with van der Waals surface area (Å²) in [6, 6.07) is 10.9. The molecule has 1 heterocycles. The van der Waals surface area contributed by atoms with Crippen molar-refractivity contribution >= 4 is 22.0 Å². The van der Waals surface area contributed by atoms with Crippen LogP contribution in [0.5, 0.6) is 5.75 Å². The van der Waals surface area contributed by atoms with Gasteiger partial charge in [-0.05, 0) is 56.0 Å². The zero-order valence-electron chi connectivity index (χ0n) is 19.6. The monoisotopic (exact) mass is 488 g/mol. The first-order valence-corrected chi connectivity index (χ1v) is 12.9. The highest BCUT2D eigenvalue weighted by atomic mass is 32.2. The maximum atomic E-state index is 12.6. The van der Waals surface area contributed by atoms with Crippen molar-refractivity contribution in [1.29, 1.82) is 0 Å². The average Bonchev–Trinajstić information content (AvgIpc) is 3.07. The number of carbonyl (C=O) groups is 2. The third-order valence-electron chi connectivity index (χ3n) is 5.63. The number of hydrogen-bond donors (Lipinski definition) is 3. The number of ether oxygens (including phenoxy) is 1. The smallest absolute Gasteiger partial charge is 0.343 e. The second-order valence-corrected chi connectivity index (χ2v) is 9.98. The van der Waals surface area contributed by atoms with Crippen LogP contribution in [0.1, 0.15) is 47.2 Å². The molecule has 184 valence electrons. The Hall–Kier alpha value is -3.11. The first-order valence-electron chi connectivity index (χ1n) is 11.4. The van der Waals surface area contributed by atoms with E-state index in [1.54, 1.807) is 29.3 Å². The van der Waals surface area contributed by atoms with Crippen molar-refractivity contribution in [2.45, 2.75) is 43.9 Å². The number of sulfonamides is 1. The van der Waals surface area contributed by atoms with Gasteiger partial charge in [0.25, 0.3) is 15.9 Å². The zero-order chi connectivity index (χ0) is 24.6. The van der Waals surface area contributed by atoms with Crippen LogP contribution in [0.25, 0.3) is 0 Å². The molecule has 1 aliphatic rings. The molecule has 0 aliphatic carbocycles. The van der Waals surface area contributed by atoms with E-state index in [1.165, 1.54) is 19.2 Å². The van der Waals surface area contributed by atoms with Crippen LogP contribution in [0.2, 0.25) is 0 Å². The molecule has 10 heteroatoms. The van der Waals surface area contributed by atoms with Gasteiger partial charge in [0.2, 0.25) is 0 Å². The minimum Gasteiger partial charge on any atom is -0.496 e. The number of aryl methyl sites for hydroxylation is 1. The fourth-order valence-corrected chi connectivity index (χ4v) is 4.68. The molecule has 0 unspecified atom stereocenters. The van der Waals surface area contributed by atoms with Crippen LogP contribution in [0.3, 0.4) is 0 Å². The molecule has 34 heavy (non-hydrogen) atoms. The Morgan fingerprint density at radius 2 is 1.68 bits per heavy atom. The number of nitrogens with one attached hydrogen (secondary N) is 3. The molecule has 1 aliphatic heterocycles.